The van der Waals surface area contributed by atoms with Crippen molar-refractivity contribution < 1.29 is 14.3 Å². The second kappa shape index (κ2) is 3.75. The average molecular weight is 286 g/mol. The minimum atomic E-state index is -0.517. The number of aryl methyl sites for hydroxylation is 1. The summed E-state index contributed by atoms with van der Waals surface area (Å²) in [5.74, 6) is -0.517. The molecule has 2 aromatic rings. The Hall–Kier alpha value is -1.63. The van der Waals surface area contributed by atoms with Crippen molar-refractivity contribution in [2.45, 2.75) is 0 Å². The number of carbonyl (C=O) groups is 1. The Kier molecular flexibility index (Phi) is 2.55. The van der Waals surface area contributed by atoms with Crippen molar-refractivity contribution in [1.82, 2.24) is 9.78 Å². The van der Waals surface area contributed by atoms with Gasteiger partial charge in [-0.05, 0) is 15.9 Å². The molecule has 0 saturated carbocycles. The van der Waals surface area contributed by atoms with Gasteiger partial charge in [-0.1, -0.05) is 0 Å². The molecule has 0 fully saturated rings. The molecule has 2 rings (SSSR count). The van der Waals surface area contributed by atoms with Crippen molar-refractivity contribution in [2.75, 3.05) is 7.11 Å². The lowest BCUT2D eigenvalue weighted by molar-refractivity contribution is -0.577. The van der Waals surface area contributed by atoms with Crippen LogP contribution < -0.4 is 4.73 Å². The van der Waals surface area contributed by atoms with Crippen LogP contribution in [0.15, 0.2) is 16.9 Å². The quantitative estimate of drug-likeness (QED) is 0.441. The number of rotatable bonds is 1. The number of carbonyl (C=O) groups excluding carboxylic acids is 1. The number of aromatic nitrogens is 3. The van der Waals surface area contributed by atoms with E-state index >= 15 is 0 Å². The number of methoxy groups -OCH3 is 1. The number of ether oxygens (including phenoxy) is 1. The van der Waals surface area contributed by atoms with E-state index in [2.05, 4.69) is 25.8 Å². The Morgan fingerprint density at radius 2 is 2.38 bits per heavy atom. The molecule has 0 bridgehead atoms. The van der Waals surface area contributed by atoms with Gasteiger partial charge in [0.1, 0.15) is 5.56 Å². The second-order valence-corrected chi connectivity index (χ2v) is 3.91. The van der Waals surface area contributed by atoms with Gasteiger partial charge < -0.3 is 9.94 Å². The molecule has 84 valence electrons. The molecule has 0 aliphatic rings. The van der Waals surface area contributed by atoms with Crippen LogP contribution in [-0.2, 0) is 11.8 Å². The van der Waals surface area contributed by atoms with E-state index in [1.54, 1.807) is 7.05 Å². The Bertz CT molecular complexity index is 579. The van der Waals surface area contributed by atoms with Gasteiger partial charge in [-0.2, -0.15) is 9.83 Å². The predicted molar refractivity (Wildman–Crippen MR) is 58.7 cm³/mol. The van der Waals surface area contributed by atoms with E-state index in [9.17, 15) is 10.0 Å². The summed E-state index contributed by atoms with van der Waals surface area (Å²) in [5.41, 5.74) is 0.898. The van der Waals surface area contributed by atoms with Crippen LogP contribution >= 0.6 is 15.9 Å². The van der Waals surface area contributed by atoms with E-state index in [4.69, 9.17) is 0 Å². The molecular weight excluding hydrogens is 278 g/mol. The molecule has 0 radical (unpaired) electrons. The topological polar surface area (TPSA) is 71.1 Å². The third-order valence-corrected chi connectivity index (χ3v) is 3.10. The fourth-order valence-corrected chi connectivity index (χ4v) is 1.88. The van der Waals surface area contributed by atoms with Crippen LogP contribution in [-0.4, -0.2) is 22.9 Å². The van der Waals surface area contributed by atoms with Gasteiger partial charge in [0.25, 0.3) is 5.52 Å². The minimum absolute atomic E-state index is 0.269. The van der Waals surface area contributed by atoms with Crippen molar-refractivity contribution in [3.63, 3.8) is 0 Å². The summed E-state index contributed by atoms with van der Waals surface area (Å²) in [6, 6.07) is 1.39. The van der Waals surface area contributed by atoms with Crippen LogP contribution in [0.1, 0.15) is 10.4 Å². The highest BCUT2D eigenvalue weighted by atomic mass is 79.9. The zero-order chi connectivity index (χ0) is 11.9. The highest BCUT2D eigenvalue weighted by Crippen LogP contribution is 2.22. The molecule has 16 heavy (non-hydrogen) atoms. The maximum atomic E-state index is 11.6. The van der Waals surface area contributed by atoms with E-state index in [1.807, 2.05) is 0 Å². The summed E-state index contributed by atoms with van der Waals surface area (Å²) in [5, 5.41) is 15.6. The summed E-state index contributed by atoms with van der Waals surface area (Å²) in [4.78, 5) is 11.5. The van der Waals surface area contributed by atoms with Gasteiger partial charge in [0.2, 0.25) is 0 Å². The van der Waals surface area contributed by atoms with Crippen molar-refractivity contribution in [2.24, 2.45) is 7.05 Å². The molecule has 0 aliphatic heterocycles. The maximum Gasteiger partial charge on any atom is 0.340 e. The van der Waals surface area contributed by atoms with Crippen LogP contribution in [0.3, 0.4) is 0 Å². The zero-order valence-corrected chi connectivity index (χ0v) is 10.2. The molecule has 6 nitrogen and oxygen atoms in total. The lowest BCUT2D eigenvalue weighted by atomic mass is 10.2. The fourth-order valence-electron chi connectivity index (χ4n) is 1.44. The number of nitrogens with zero attached hydrogens (tertiary/aromatic N) is 3. The lowest BCUT2D eigenvalue weighted by Crippen LogP contribution is -2.27. The van der Waals surface area contributed by atoms with Gasteiger partial charge in [0, 0.05) is 13.1 Å². The zero-order valence-electron chi connectivity index (χ0n) is 8.60. The van der Waals surface area contributed by atoms with Crippen LogP contribution in [0.25, 0.3) is 11.0 Å². The lowest BCUT2D eigenvalue weighted by Gasteiger charge is -2.00. The van der Waals surface area contributed by atoms with Gasteiger partial charge in [-0.15, -0.1) is 0 Å². The Morgan fingerprint density at radius 1 is 1.69 bits per heavy atom. The first-order valence-electron chi connectivity index (χ1n) is 4.39. The third-order valence-electron chi connectivity index (χ3n) is 2.21. The van der Waals surface area contributed by atoms with E-state index in [0.29, 0.717) is 20.4 Å². The Labute approximate surface area is 99.1 Å². The largest absolute Gasteiger partial charge is 0.618 e. The number of esters is 1. The second-order valence-electron chi connectivity index (χ2n) is 3.16. The summed E-state index contributed by atoms with van der Waals surface area (Å²) in [7, 11) is 2.95. The molecule has 0 atom stereocenters. The van der Waals surface area contributed by atoms with E-state index in [0.717, 1.165) is 0 Å². The Balaban J connectivity index is 2.84. The van der Waals surface area contributed by atoms with Gasteiger partial charge in [0.15, 0.2) is 16.3 Å². The first kappa shape index (κ1) is 10.9. The van der Waals surface area contributed by atoms with Crippen molar-refractivity contribution in [3.05, 3.63) is 27.6 Å². The van der Waals surface area contributed by atoms with Crippen molar-refractivity contribution >= 4 is 32.9 Å². The maximum absolute atomic E-state index is 11.6. The van der Waals surface area contributed by atoms with Crippen LogP contribution in [0, 0.1) is 5.21 Å². The van der Waals surface area contributed by atoms with Crippen molar-refractivity contribution in [3.8, 4) is 0 Å². The summed E-state index contributed by atoms with van der Waals surface area (Å²) in [6.45, 7) is 0. The predicted octanol–water partition coefficient (Wildman–Crippen LogP) is 0.756. The molecule has 0 saturated heterocycles. The smallest absolute Gasteiger partial charge is 0.340 e. The van der Waals surface area contributed by atoms with E-state index in [1.165, 1.54) is 24.1 Å². The van der Waals surface area contributed by atoms with Crippen LogP contribution in [0.4, 0.5) is 0 Å². The van der Waals surface area contributed by atoms with E-state index in [-0.39, 0.29) is 5.56 Å². The molecule has 0 spiro atoms. The molecular formula is C9H8BrN3O3. The first-order chi connectivity index (χ1) is 7.56. The van der Waals surface area contributed by atoms with Gasteiger partial charge in [-0.25, -0.2) is 4.79 Å². The molecule has 0 N–H and O–H groups in total. The van der Waals surface area contributed by atoms with Gasteiger partial charge in [0.05, 0.1) is 7.11 Å². The monoisotopic (exact) mass is 285 g/mol. The van der Waals surface area contributed by atoms with Crippen LogP contribution in [0.5, 0.6) is 0 Å². The number of hydrogen-bond donors (Lipinski definition) is 0. The number of pyridine rings is 1. The van der Waals surface area contributed by atoms with Crippen LogP contribution in [0.2, 0.25) is 0 Å². The molecule has 0 aromatic carbocycles. The molecule has 2 aromatic heterocycles. The average Bonchev–Trinajstić information content (AvgIpc) is 2.56. The molecule has 0 aliphatic carbocycles. The van der Waals surface area contributed by atoms with Gasteiger partial charge >= 0.3 is 5.97 Å². The summed E-state index contributed by atoms with van der Waals surface area (Å²) < 4.78 is 7.26. The molecule has 0 unspecified atom stereocenters. The molecule has 2 heterocycles. The standard InChI is InChI=1S/C9H8BrN3O3/c1-12-8(10)7-6(11-12)5(9(14)16-2)3-4-13(7)15/h3-4H,1-2H3. The number of halogens is 1. The third kappa shape index (κ3) is 1.44. The number of hydrogen-bond acceptors (Lipinski definition) is 4. The first-order valence-corrected chi connectivity index (χ1v) is 5.18. The minimum Gasteiger partial charge on any atom is -0.618 e. The highest BCUT2D eigenvalue weighted by molar-refractivity contribution is 9.10. The summed E-state index contributed by atoms with van der Waals surface area (Å²) >= 11 is 3.23. The Morgan fingerprint density at radius 3 is 3.00 bits per heavy atom. The van der Waals surface area contributed by atoms with Gasteiger partial charge in [-0.3, -0.25) is 4.68 Å². The number of fused-ring (bicyclic) bond motifs is 1. The molecule has 7 heteroatoms. The highest BCUT2D eigenvalue weighted by Gasteiger charge is 2.22. The van der Waals surface area contributed by atoms with E-state index < -0.39 is 5.97 Å². The fraction of sp³-hybridized carbons (Fsp3) is 0.222. The SMILES string of the molecule is COC(=O)c1cc[n+]([O-])c2c(Br)n(C)nc12. The summed E-state index contributed by atoms with van der Waals surface area (Å²) in [6.07, 6.45) is 1.25. The normalized spacial score (nSPS) is 10.7. The van der Waals surface area contributed by atoms with Crippen molar-refractivity contribution in [1.29, 1.82) is 0 Å². The molecule has 0 amide bonds.